The van der Waals surface area contributed by atoms with Gasteiger partial charge in [0.05, 0.1) is 34.1 Å². The first-order valence-corrected chi connectivity index (χ1v) is 27.6. The van der Waals surface area contributed by atoms with E-state index in [4.69, 9.17) is 0 Å². The molecule has 10 aromatic carbocycles. The molecule has 0 bridgehead atoms. The number of anilines is 12. The van der Waals surface area contributed by atoms with Gasteiger partial charge >= 0.3 is 0 Å². The average molecular weight is 1030 g/mol. The van der Waals surface area contributed by atoms with E-state index < -0.39 is 0 Å². The Labute approximate surface area is 464 Å². The molecule has 78 heavy (non-hydrogen) atoms. The third-order valence-corrected chi connectivity index (χ3v) is 16.0. The molecule has 0 heterocycles. The van der Waals surface area contributed by atoms with Crippen molar-refractivity contribution in [2.24, 2.45) is 0 Å². The van der Waals surface area contributed by atoms with E-state index in [9.17, 15) is 0 Å². The molecule has 0 saturated carbocycles. The Morgan fingerprint density at radius 2 is 0.256 bits per heavy atom. The van der Waals surface area contributed by atoms with Crippen molar-refractivity contribution in [2.75, 3.05) is 31.9 Å². The number of nitrogens with one attached hydrogen (secondary N) is 6. The van der Waals surface area contributed by atoms with Gasteiger partial charge < -0.3 is 31.9 Å². The second-order valence-corrected chi connectivity index (χ2v) is 23.2. The average Bonchev–Trinajstić information content (AvgIpc) is 3.50. The second-order valence-electron chi connectivity index (χ2n) is 23.2. The molecule has 6 nitrogen and oxygen atoms in total. The van der Waals surface area contributed by atoms with Crippen molar-refractivity contribution in [1.29, 1.82) is 0 Å². The van der Waals surface area contributed by atoms with Gasteiger partial charge in [-0.1, -0.05) is 106 Å². The summed E-state index contributed by atoms with van der Waals surface area (Å²) in [7, 11) is 0. The summed E-state index contributed by atoms with van der Waals surface area (Å²) in [6.45, 7) is 39.6. The minimum absolute atomic E-state index is 0.998. The molecule has 6 N–H and O–H groups in total. The maximum absolute atomic E-state index is 4.05. The SMILES string of the molecule is Cc1cc(C)c(Nc2cc3c4cc(Nc5c(C)cc(C)cc5C)c(Nc5c(C)cc(C)cc5C)cc4c4cc(Nc5c(C)cc(C)cc5C)c(Nc5c(C)cc(C)cc5C)cc4c3cc2Nc2c(C)cc(C)cc2C)c(C)c1. The van der Waals surface area contributed by atoms with Gasteiger partial charge in [-0.05, 0) is 260 Å². The van der Waals surface area contributed by atoms with Gasteiger partial charge in [0.15, 0.2) is 0 Å². The van der Waals surface area contributed by atoms with Crippen LogP contribution in [0.1, 0.15) is 100 Å². The maximum atomic E-state index is 4.05. The zero-order chi connectivity index (χ0) is 55.8. The smallest absolute Gasteiger partial charge is 0.0630 e. The van der Waals surface area contributed by atoms with Crippen LogP contribution < -0.4 is 31.9 Å². The van der Waals surface area contributed by atoms with Gasteiger partial charge in [-0.15, -0.1) is 0 Å². The topological polar surface area (TPSA) is 72.2 Å². The van der Waals surface area contributed by atoms with Crippen molar-refractivity contribution in [1.82, 2.24) is 0 Å². The van der Waals surface area contributed by atoms with E-state index in [0.717, 1.165) is 101 Å². The van der Waals surface area contributed by atoms with Crippen molar-refractivity contribution >= 4 is 101 Å². The second kappa shape index (κ2) is 20.6. The minimum atomic E-state index is 0.998. The largest absolute Gasteiger partial charge is 0.353 e. The highest BCUT2D eigenvalue weighted by atomic mass is 15.0. The molecule has 0 aromatic heterocycles. The van der Waals surface area contributed by atoms with Gasteiger partial charge in [0.1, 0.15) is 0 Å². The molecule has 0 atom stereocenters. The molecule has 0 aliphatic carbocycles. The van der Waals surface area contributed by atoms with Crippen molar-refractivity contribution in [3.05, 3.63) is 209 Å². The van der Waals surface area contributed by atoms with Gasteiger partial charge in [0, 0.05) is 34.1 Å². The first-order chi connectivity index (χ1) is 37.0. The molecular weight excluding hydrogens is 949 g/mol. The van der Waals surface area contributed by atoms with Gasteiger partial charge in [0.25, 0.3) is 0 Å². The van der Waals surface area contributed by atoms with Crippen molar-refractivity contribution < 1.29 is 0 Å². The van der Waals surface area contributed by atoms with Crippen LogP contribution in [0.5, 0.6) is 0 Å². The zero-order valence-electron chi connectivity index (χ0n) is 49.4. The van der Waals surface area contributed by atoms with E-state index in [1.807, 2.05) is 0 Å². The molecule has 6 heteroatoms. The molecule has 0 radical (unpaired) electrons. The van der Waals surface area contributed by atoms with Crippen LogP contribution in [0.25, 0.3) is 32.3 Å². The highest BCUT2D eigenvalue weighted by Gasteiger charge is 2.22. The van der Waals surface area contributed by atoms with Gasteiger partial charge in [0.2, 0.25) is 0 Å². The molecule has 10 rings (SSSR count). The Balaban J connectivity index is 1.36. The van der Waals surface area contributed by atoms with Crippen LogP contribution >= 0.6 is 0 Å². The summed E-state index contributed by atoms with van der Waals surface area (Å²) in [5.74, 6) is 0. The molecule has 0 saturated heterocycles. The number of hydrogen-bond donors (Lipinski definition) is 6. The number of rotatable bonds is 12. The quantitative estimate of drug-likeness (QED) is 0.0685. The van der Waals surface area contributed by atoms with Gasteiger partial charge in [-0.3, -0.25) is 0 Å². The lowest BCUT2D eigenvalue weighted by molar-refractivity contribution is 1.30. The predicted octanol–water partition coefficient (Wildman–Crippen LogP) is 21.2. The molecule has 396 valence electrons. The van der Waals surface area contributed by atoms with Crippen LogP contribution in [-0.2, 0) is 0 Å². The predicted molar refractivity (Wildman–Crippen MR) is 343 cm³/mol. The Kier molecular flexibility index (Phi) is 14.1. The summed E-state index contributed by atoms with van der Waals surface area (Å²) in [5, 5.41) is 31.1. The number of aryl methyl sites for hydroxylation is 18. The fourth-order valence-corrected chi connectivity index (χ4v) is 12.8. The fraction of sp³-hybridized carbons (Fsp3) is 0.250. The van der Waals surface area contributed by atoms with Gasteiger partial charge in [-0.2, -0.15) is 0 Å². The first kappa shape index (κ1) is 53.2. The summed E-state index contributed by atoms with van der Waals surface area (Å²) >= 11 is 0. The third kappa shape index (κ3) is 10.2. The number of benzene rings is 10. The summed E-state index contributed by atoms with van der Waals surface area (Å²) in [6.07, 6.45) is 0. The highest BCUT2D eigenvalue weighted by molar-refractivity contribution is 6.29. The van der Waals surface area contributed by atoms with Crippen LogP contribution in [0.2, 0.25) is 0 Å². The summed E-state index contributed by atoms with van der Waals surface area (Å²) < 4.78 is 0. The van der Waals surface area contributed by atoms with E-state index in [2.05, 4.69) is 266 Å². The van der Waals surface area contributed by atoms with Crippen molar-refractivity contribution in [3.63, 3.8) is 0 Å². The van der Waals surface area contributed by atoms with E-state index in [1.165, 1.54) is 100 Å². The Morgan fingerprint density at radius 1 is 0.154 bits per heavy atom. The monoisotopic (exact) mass is 1030 g/mol. The van der Waals surface area contributed by atoms with Crippen molar-refractivity contribution in [3.8, 4) is 0 Å². The lowest BCUT2D eigenvalue weighted by atomic mass is 9.91. The van der Waals surface area contributed by atoms with Crippen LogP contribution in [0.4, 0.5) is 68.2 Å². The van der Waals surface area contributed by atoms with Gasteiger partial charge in [-0.25, -0.2) is 0 Å². The molecule has 10 aromatic rings. The van der Waals surface area contributed by atoms with E-state index in [1.54, 1.807) is 0 Å². The first-order valence-electron chi connectivity index (χ1n) is 27.6. The molecule has 0 aliphatic heterocycles. The van der Waals surface area contributed by atoms with E-state index in [-0.39, 0.29) is 0 Å². The van der Waals surface area contributed by atoms with Crippen molar-refractivity contribution in [2.45, 2.75) is 125 Å². The van der Waals surface area contributed by atoms with Crippen LogP contribution in [-0.4, -0.2) is 0 Å². The molecule has 0 fully saturated rings. The highest BCUT2D eigenvalue weighted by Crippen LogP contribution is 2.49. The minimum Gasteiger partial charge on any atom is -0.353 e. The Bertz CT molecular complexity index is 3260. The molecule has 0 amide bonds. The zero-order valence-corrected chi connectivity index (χ0v) is 49.4. The van der Waals surface area contributed by atoms with E-state index >= 15 is 0 Å². The Morgan fingerprint density at radius 3 is 0.359 bits per heavy atom. The van der Waals surface area contributed by atoms with E-state index in [0.29, 0.717) is 0 Å². The number of fused-ring (bicyclic) bond motifs is 6. The third-order valence-electron chi connectivity index (χ3n) is 16.0. The normalized spacial score (nSPS) is 11.5. The molecule has 0 spiro atoms. The van der Waals surface area contributed by atoms with Crippen LogP contribution in [0, 0.1) is 125 Å². The summed E-state index contributed by atoms with van der Waals surface area (Å²) in [6, 6.07) is 41.7. The summed E-state index contributed by atoms with van der Waals surface area (Å²) in [4.78, 5) is 0. The lowest BCUT2D eigenvalue weighted by Crippen LogP contribution is -2.05. The number of hydrogen-bond acceptors (Lipinski definition) is 6. The lowest BCUT2D eigenvalue weighted by Gasteiger charge is -2.25. The van der Waals surface area contributed by atoms with Crippen LogP contribution in [0.3, 0.4) is 0 Å². The molecule has 0 unspecified atom stereocenters. The standard InChI is InChI=1S/C72H78N6/c1-37-19-43(7)67(44(8)20-37)73-61-31-55-56(32-62(61)74-68-45(9)21-38(2)22-46(68)10)58-34-64(76-70-49(13)25-40(4)26-50(70)14)66(78-72-53(17)29-42(6)30-54(72)18)36-60(58)59-35-65(77-71-51(15)27-41(5)28-52(71)16)63(33-57(55)59)75-69-47(11)23-39(3)24-48(69)12/h19-36,73-78H,1-18H3. The fourth-order valence-electron chi connectivity index (χ4n) is 12.8. The molecule has 0 aliphatic rings. The maximum Gasteiger partial charge on any atom is 0.0630 e. The van der Waals surface area contributed by atoms with Crippen LogP contribution in [0.15, 0.2) is 109 Å². The molecular formula is C72H78N6. The summed E-state index contributed by atoms with van der Waals surface area (Å²) in [5.41, 5.74) is 34.6. The Hall–Kier alpha value is -8.22.